The molecule has 0 fully saturated rings. The third-order valence-corrected chi connectivity index (χ3v) is 3.16. The molecule has 3 heteroatoms. The second-order valence-electron chi connectivity index (χ2n) is 3.45. The van der Waals surface area contributed by atoms with E-state index in [0.717, 1.165) is 13.0 Å². The molecule has 1 N–H and O–H groups in total. The highest BCUT2D eigenvalue weighted by Gasteiger charge is 2.12. The highest BCUT2D eigenvalue weighted by Crippen LogP contribution is 2.13. The minimum Gasteiger partial charge on any atom is -0.314 e. The standard InChI is InChI=1S/C10H18N2S/c1-4-11-9(3)8(2)7-10-12-5-6-13-10/h5-6,8-9,11H,4,7H2,1-3H3. The van der Waals surface area contributed by atoms with Crippen molar-refractivity contribution in [3.8, 4) is 0 Å². The molecule has 2 unspecified atom stereocenters. The third kappa shape index (κ3) is 3.44. The monoisotopic (exact) mass is 198 g/mol. The molecule has 0 saturated carbocycles. The molecule has 13 heavy (non-hydrogen) atoms. The molecule has 1 aromatic heterocycles. The van der Waals surface area contributed by atoms with Gasteiger partial charge in [0, 0.05) is 24.0 Å². The van der Waals surface area contributed by atoms with Gasteiger partial charge in [-0.2, -0.15) is 0 Å². The Morgan fingerprint density at radius 3 is 2.85 bits per heavy atom. The van der Waals surface area contributed by atoms with Crippen molar-refractivity contribution in [1.82, 2.24) is 10.3 Å². The van der Waals surface area contributed by atoms with E-state index in [1.807, 2.05) is 11.6 Å². The van der Waals surface area contributed by atoms with Crippen LogP contribution in [0.2, 0.25) is 0 Å². The number of hydrogen-bond acceptors (Lipinski definition) is 3. The SMILES string of the molecule is CCNC(C)C(C)Cc1nccs1. The highest BCUT2D eigenvalue weighted by molar-refractivity contribution is 7.09. The Bertz CT molecular complexity index is 221. The van der Waals surface area contributed by atoms with Gasteiger partial charge < -0.3 is 5.32 Å². The van der Waals surface area contributed by atoms with E-state index in [0.29, 0.717) is 12.0 Å². The summed E-state index contributed by atoms with van der Waals surface area (Å²) in [5, 5.41) is 6.72. The second kappa shape index (κ2) is 5.35. The Morgan fingerprint density at radius 1 is 1.54 bits per heavy atom. The van der Waals surface area contributed by atoms with E-state index < -0.39 is 0 Å². The van der Waals surface area contributed by atoms with Gasteiger partial charge in [-0.05, 0) is 19.4 Å². The summed E-state index contributed by atoms with van der Waals surface area (Å²) in [6.45, 7) is 7.70. The molecular formula is C10H18N2S. The topological polar surface area (TPSA) is 24.9 Å². The predicted molar refractivity (Wildman–Crippen MR) is 58.1 cm³/mol. The molecule has 1 heterocycles. The van der Waals surface area contributed by atoms with Crippen LogP contribution in [0.15, 0.2) is 11.6 Å². The molecule has 0 saturated heterocycles. The van der Waals surface area contributed by atoms with Crippen LogP contribution < -0.4 is 5.32 Å². The Balaban J connectivity index is 2.36. The fourth-order valence-corrected chi connectivity index (χ4v) is 2.09. The van der Waals surface area contributed by atoms with Crippen molar-refractivity contribution in [1.29, 1.82) is 0 Å². The molecule has 2 atom stereocenters. The average Bonchev–Trinajstić information content (AvgIpc) is 2.57. The first-order chi connectivity index (χ1) is 6.24. The Hall–Kier alpha value is -0.410. The molecule has 0 spiro atoms. The van der Waals surface area contributed by atoms with E-state index in [9.17, 15) is 0 Å². The molecule has 0 aliphatic rings. The third-order valence-electron chi connectivity index (χ3n) is 2.36. The maximum atomic E-state index is 4.29. The zero-order valence-corrected chi connectivity index (χ0v) is 9.40. The van der Waals surface area contributed by atoms with Gasteiger partial charge in [0.05, 0.1) is 5.01 Å². The van der Waals surface area contributed by atoms with Crippen LogP contribution in [0.25, 0.3) is 0 Å². The molecule has 0 bridgehead atoms. The van der Waals surface area contributed by atoms with Crippen molar-refractivity contribution < 1.29 is 0 Å². The summed E-state index contributed by atoms with van der Waals surface area (Å²) in [4.78, 5) is 4.29. The molecule has 0 aromatic carbocycles. The molecular weight excluding hydrogens is 180 g/mol. The highest BCUT2D eigenvalue weighted by atomic mass is 32.1. The van der Waals surface area contributed by atoms with Crippen LogP contribution in [0.3, 0.4) is 0 Å². The van der Waals surface area contributed by atoms with Gasteiger partial charge in [-0.1, -0.05) is 13.8 Å². The van der Waals surface area contributed by atoms with Crippen LogP contribution in [0.5, 0.6) is 0 Å². The zero-order valence-electron chi connectivity index (χ0n) is 8.58. The fourth-order valence-electron chi connectivity index (χ4n) is 1.33. The maximum absolute atomic E-state index is 4.29. The fraction of sp³-hybridized carbons (Fsp3) is 0.700. The molecule has 1 rings (SSSR count). The predicted octanol–water partition coefficient (Wildman–Crippen LogP) is 2.32. The Morgan fingerprint density at radius 2 is 2.31 bits per heavy atom. The van der Waals surface area contributed by atoms with Gasteiger partial charge in [-0.3, -0.25) is 0 Å². The molecule has 0 radical (unpaired) electrons. The van der Waals surface area contributed by atoms with Crippen LogP contribution in [0.4, 0.5) is 0 Å². The van der Waals surface area contributed by atoms with E-state index in [1.165, 1.54) is 5.01 Å². The molecule has 1 aromatic rings. The molecule has 74 valence electrons. The van der Waals surface area contributed by atoms with Crippen LogP contribution in [0.1, 0.15) is 25.8 Å². The molecule has 2 nitrogen and oxygen atoms in total. The summed E-state index contributed by atoms with van der Waals surface area (Å²) in [7, 11) is 0. The summed E-state index contributed by atoms with van der Waals surface area (Å²) < 4.78 is 0. The zero-order chi connectivity index (χ0) is 9.68. The minimum absolute atomic E-state index is 0.578. The van der Waals surface area contributed by atoms with Gasteiger partial charge in [0.1, 0.15) is 0 Å². The number of hydrogen-bond donors (Lipinski definition) is 1. The van der Waals surface area contributed by atoms with Crippen LogP contribution in [-0.4, -0.2) is 17.6 Å². The number of aromatic nitrogens is 1. The summed E-state index contributed by atoms with van der Waals surface area (Å²) in [6.07, 6.45) is 2.97. The molecule has 0 aliphatic carbocycles. The van der Waals surface area contributed by atoms with Gasteiger partial charge in [-0.25, -0.2) is 4.98 Å². The summed E-state index contributed by atoms with van der Waals surface area (Å²) in [5.41, 5.74) is 0. The van der Waals surface area contributed by atoms with Crippen molar-refractivity contribution in [2.45, 2.75) is 33.2 Å². The van der Waals surface area contributed by atoms with E-state index in [2.05, 4.69) is 31.1 Å². The first-order valence-electron chi connectivity index (χ1n) is 4.85. The maximum Gasteiger partial charge on any atom is 0.0928 e. The first kappa shape index (κ1) is 10.7. The van der Waals surface area contributed by atoms with Gasteiger partial charge in [0.15, 0.2) is 0 Å². The summed E-state index contributed by atoms with van der Waals surface area (Å²) >= 11 is 1.75. The second-order valence-corrected chi connectivity index (χ2v) is 4.43. The van der Waals surface area contributed by atoms with Crippen molar-refractivity contribution in [3.63, 3.8) is 0 Å². The van der Waals surface area contributed by atoms with E-state index in [1.54, 1.807) is 11.3 Å². The van der Waals surface area contributed by atoms with E-state index >= 15 is 0 Å². The lowest BCUT2D eigenvalue weighted by Gasteiger charge is -2.19. The van der Waals surface area contributed by atoms with Gasteiger partial charge in [0.25, 0.3) is 0 Å². The summed E-state index contributed by atoms with van der Waals surface area (Å²) in [6, 6.07) is 0.578. The molecule has 0 amide bonds. The lowest BCUT2D eigenvalue weighted by Crippen LogP contribution is -2.32. The van der Waals surface area contributed by atoms with Crippen molar-refractivity contribution in [3.05, 3.63) is 16.6 Å². The van der Waals surface area contributed by atoms with E-state index in [-0.39, 0.29) is 0 Å². The largest absolute Gasteiger partial charge is 0.314 e. The quantitative estimate of drug-likeness (QED) is 0.785. The molecule has 0 aliphatic heterocycles. The minimum atomic E-state index is 0.578. The number of thiazole rings is 1. The Kier molecular flexibility index (Phi) is 4.39. The van der Waals surface area contributed by atoms with Crippen molar-refractivity contribution >= 4 is 11.3 Å². The summed E-state index contributed by atoms with van der Waals surface area (Å²) in [5.74, 6) is 0.658. The normalized spacial score (nSPS) is 15.6. The lowest BCUT2D eigenvalue weighted by atomic mass is 10.0. The number of nitrogens with zero attached hydrogens (tertiary/aromatic N) is 1. The first-order valence-corrected chi connectivity index (χ1v) is 5.73. The van der Waals surface area contributed by atoms with Gasteiger partial charge in [0.2, 0.25) is 0 Å². The van der Waals surface area contributed by atoms with Gasteiger partial charge >= 0.3 is 0 Å². The number of nitrogens with one attached hydrogen (secondary N) is 1. The lowest BCUT2D eigenvalue weighted by molar-refractivity contribution is 0.406. The van der Waals surface area contributed by atoms with Crippen LogP contribution >= 0.6 is 11.3 Å². The smallest absolute Gasteiger partial charge is 0.0928 e. The van der Waals surface area contributed by atoms with Crippen molar-refractivity contribution in [2.24, 2.45) is 5.92 Å². The Labute approximate surface area is 84.4 Å². The average molecular weight is 198 g/mol. The van der Waals surface area contributed by atoms with E-state index in [4.69, 9.17) is 0 Å². The van der Waals surface area contributed by atoms with Crippen LogP contribution in [-0.2, 0) is 6.42 Å². The van der Waals surface area contributed by atoms with Crippen molar-refractivity contribution in [2.75, 3.05) is 6.54 Å². The van der Waals surface area contributed by atoms with Crippen LogP contribution in [0, 0.1) is 5.92 Å². The van der Waals surface area contributed by atoms with Gasteiger partial charge in [-0.15, -0.1) is 11.3 Å². The number of rotatable bonds is 5.